The quantitative estimate of drug-likeness (QED) is 0.187. The number of hydrogen-bond donors (Lipinski definition) is 2. The van der Waals surface area contributed by atoms with Crippen molar-refractivity contribution in [2.75, 3.05) is 53.6 Å². The van der Waals surface area contributed by atoms with Crippen LogP contribution in [0.2, 0.25) is 0 Å². The number of likely N-dealkylation sites (N-methyl/N-ethyl adjacent to an activating group) is 1. The molecule has 0 aliphatic rings. The van der Waals surface area contributed by atoms with Crippen molar-refractivity contribution in [1.82, 2.24) is 15.5 Å². The second-order valence-corrected chi connectivity index (χ2v) is 6.57. The Hall–Kier alpha value is -3.08. The van der Waals surface area contributed by atoms with Gasteiger partial charge < -0.3 is 34.5 Å². The number of amides is 2. The molecule has 0 fully saturated rings. The molecule has 11 heteroatoms. The number of ether oxygens (including phenoxy) is 4. The third kappa shape index (κ3) is 14.0. The molecule has 0 radical (unpaired) electrons. The molecule has 0 aromatic carbocycles. The average molecular weight is 429 g/mol. The van der Waals surface area contributed by atoms with Crippen LogP contribution in [0.25, 0.3) is 0 Å². The number of alkyl carbamates (subject to hydrolysis) is 2. The van der Waals surface area contributed by atoms with Crippen molar-refractivity contribution >= 4 is 24.1 Å². The molecule has 0 bridgehead atoms. The van der Waals surface area contributed by atoms with Crippen molar-refractivity contribution in [1.29, 1.82) is 0 Å². The Balaban J connectivity index is 4.22. The highest BCUT2D eigenvalue weighted by atomic mass is 16.6. The Morgan fingerprint density at radius 2 is 1.30 bits per heavy atom. The monoisotopic (exact) mass is 429 g/mol. The Bertz CT molecular complexity index is 633. The molecule has 11 nitrogen and oxygen atoms in total. The maximum Gasteiger partial charge on any atom is 0.407 e. The molecular weight excluding hydrogens is 398 g/mol. The van der Waals surface area contributed by atoms with Crippen LogP contribution in [-0.4, -0.2) is 88.7 Å². The van der Waals surface area contributed by atoms with Crippen LogP contribution in [0.15, 0.2) is 24.3 Å². The molecule has 0 heterocycles. The second kappa shape index (κ2) is 14.9. The first-order chi connectivity index (χ1) is 14.0. The summed E-state index contributed by atoms with van der Waals surface area (Å²) in [4.78, 5) is 47.8. The van der Waals surface area contributed by atoms with Crippen molar-refractivity contribution in [3.8, 4) is 0 Å². The van der Waals surface area contributed by atoms with Gasteiger partial charge in [-0.1, -0.05) is 13.2 Å². The van der Waals surface area contributed by atoms with Gasteiger partial charge in [-0.3, -0.25) is 0 Å². The summed E-state index contributed by atoms with van der Waals surface area (Å²) < 4.78 is 19.9. The van der Waals surface area contributed by atoms with Crippen LogP contribution in [0, 0.1) is 0 Å². The molecule has 0 rings (SSSR count). The molecule has 0 aliphatic carbocycles. The minimum atomic E-state index is -0.749. The highest BCUT2D eigenvalue weighted by Gasteiger charge is 2.18. The van der Waals surface area contributed by atoms with Crippen LogP contribution in [0.3, 0.4) is 0 Å². The largest absolute Gasteiger partial charge is 0.460 e. The molecule has 1 atom stereocenters. The highest BCUT2D eigenvalue weighted by molar-refractivity contribution is 5.87. The summed E-state index contributed by atoms with van der Waals surface area (Å²) in [6.45, 7) is 10.1. The van der Waals surface area contributed by atoms with Gasteiger partial charge in [0.25, 0.3) is 0 Å². The second-order valence-electron chi connectivity index (χ2n) is 6.57. The molecule has 30 heavy (non-hydrogen) atoms. The van der Waals surface area contributed by atoms with E-state index in [0.717, 1.165) is 0 Å². The lowest BCUT2D eigenvalue weighted by Gasteiger charge is -2.21. The van der Waals surface area contributed by atoms with Crippen LogP contribution in [-0.2, 0) is 28.5 Å². The lowest BCUT2D eigenvalue weighted by atomic mass is 10.3. The molecule has 2 amide bonds. The summed E-state index contributed by atoms with van der Waals surface area (Å²) in [7, 11) is 3.53. The molecule has 170 valence electrons. The van der Waals surface area contributed by atoms with Gasteiger partial charge >= 0.3 is 24.1 Å². The zero-order valence-electron chi connectivity index (χ0n) is 17.9. The summed E-state index contributed by atoms with van der Waals surface area (Å²) in [6, 6.07) is 0. The molecule has 0 saturated heterocycles. The van der Waals surface area contributed by atoms with Crippen LogP contribution >= 0.6 is 0 Å². The molecule has 0 saturated carbocycles. The third-order valence-electron chi connectivity index (χ3n) is 3.15. The third-order valence-corrected chi connectivity index (χ3v) is 3.15. The molecule has 0 aromatic rings. The van der Waals surface area contributed by atoms with Gasteiger partial charge in [-0.2, -0.15) is 0 Å². The average Bonchev–Trinajstić information content (AvgIpc) is 2.65. The minimum absolute atomic E-state index is 0.0310. The van der Waals surface area contributed by atoms with E-state index < -0.39 is 30.2 Å². The van der Waals surface area contributed by atoms with Gasteiger partial charge in [0.1, 0.15) is 19.8 Å². The van der Waals surface area contributed by atoms with Crippen molar-refractivity contribution < 1.29 is 38.1 Å². The first-order valence-electron chi connectivity index (χ1n) is 9.18. The van der Waals surface area contributed by atoms with Crippen molar-refractivity contribution in [2.24, 2.45) is 0 Å². The predicted octanol–water partition coefficient (Wildman–Crippen LogP) is 0.608. The normalized spacial score (nSPS) is 11.1. The van der Waals surface area contributed by atoms with E-state index in [1.165, 1.54) is 13.8 Å². The Morgan fingerprint density at radius 1 is 0.833 bits per heavy atom. The Morgan fingerprint density at radius 3 is 1.73 bits per heavy atom. The number of carbonyl (C=O) groups is 4. The number of carbonyl (C=O) groups excluding carboxylic acids is 4. The Kier molecular flexibility index (Phi) is 13.3. The van der Waals surface area contributed by atoms with Crippen molar-refractivity contribution in [3.05, 3.63) is 24.3 Å². The number of esters is 2. The van der Waals surface area contributed by atoms with E-state index in [4.69, 9.17) is 18.9 Å². The summed E-state index contributed by atoms with van der Waals surface area (Å²) in [5.74, 6) is -1.10. The summed E-state index contributed by atoms with van der Waals surface area (Å²) >= 11 is 0. The molecule has 0 spiro atoms. The van der Waals surface area contributed by atoms with E-state index in [0.29, 0.717) is 6.54 Å². The molecule has 2 N–H and O–H groups in total. The molecule has 0 aliphatic heterocycles. The lowest BCUT2D eigenvalue weighted by molar-refractivity contribution is -0.139. The Labute approximate surface area is 176 Å². The van der Waals surface area contributed by atoms with E-state index in [-0.39, 0.29) is 44.1 Å². The van der Waals surface area contributed by atoms with E-state index >= 15 is 0 Å². The van der Waals surface area contributed by atoms with Gasteiger partial charge in [0, 0.05) is 17.7 Å². The van der Waals surface area contributed by atoms with E-state index in [2.05, 4.69) is 23.8 Å². The smallest absolute Gasteiger partial charge is 0.407 e. The predicted molar refractivity (Wildman–Crippen MR) is 108 cm³/mol. The van der Waals surface area contributed by atoms with Gasteiger partial charge in [0.2, 0.25) is 0 Å². The fourth-order valence-corrected chi connectivity index (χ4v) is 1.78. The minimum Gasteiger partial charge on any atom is -0.460 e. The standard InChI is InChI=1S/C19H31N3O8/c1-13(2)16(23)27-9-7-20-18(25)29-12-15(11-22(5)6)30-19(26)21-8-10-28-17(24)14(3)4/h15H,1,3,7-12H2,2,4-6H3,(H,20,25)(H,21,26). The fourth-order valence-electron chi connectivity index (χ4n) is 1.78. The summed E-state index contributed by atoms with van der Waals surface area (Å²) in [5.41, 5.74) is 0.515. The number of hydrogen-bond acceptors (Lipinski definition) is 9. The number of rotatable bonds is 13. The first-order valence-corrected chi connectivity index (χ1v) is 9.18. The SMILES string of the molecule is C=C(C)C(=O)OCCNC(=O)OCC(CN(C)C)OC(=O)NCCOC(=O)C(=C)C. The van der Waals surface area contributed by atoms with Gasteiger partial charge in [-0.05, 0) is 27.9 Å². The number of nitrogens with one attached hydrogen (secondary N) is 2. The van der Waals surface area contributed by atoms with E-state index in [1.54, 1.807) is 19.0 Å². The van der Waals surface area contributed by atoms with E-state index in [1.807, 2.05) is 0 Å². The van der Waals surface area contributed by atoms with Crippen LogP contribution in [0.1, 0.15) is 13.8 Å². The molecule has 0 aromatic heterocycles. The fraction of sp³-hybridized carbons (Fsp3) is 0.579. The van der Waals surface area contributed by atoms with Crippen LogP contribution in [0.4, 0.5) is 9.59 Å². The maximum atomic E-state index is 11.9. The molecule has 1 unspecified atom stereocenters. The van der Waals surface area contributed by atoms with Crippen LogP contribution in [0.5, 0.6) is 0 Å². The van der Waals surface area contributed by atoms with Crippen LogP contribution < -0.4 is 10.6 Å². The summed E-state index contributed by atoms with van der Waals surface area (Å²) in [5, 5.41) is 4.84. The molecular formula is C19H31N3O8. The zero-order valence-corrected chi connectivity index (χ0v) is 17.9. The highest BCUT2D eigenvalue weighted by Crippen LogP contribution is 1.98. The number of nitrogens with zero attached hydrogens (tertiary/aromatic N) is 1. The van der Waals surface area contributed by atoms with Crippen molar-refractivity contribution in [2.45, 2.75) is 20.0 Å². The maximum absolute atomic E-state index is 11.9. The van der Waals surface area contributed by atoms with Gasteiger partial charge in [0.05, 0.1) is 13.1 Å². The van der Waals surface area contributed by atoms with E-state index in [9.17, 15) is 19.2 Å². The zero-order chi connectivity index (χ0) is 23.1. The van der Waals surface area contributed by atoms with Gasteiger partial charge in [-0.15, -0.1) is 0 Å². The topological polar surface area (TPSA) is 132 Å². The lowest BCUT2D eigenvalue weighted by Crippen LogP contribution is -2.40. The van der Waals surface area contributed by atoms with Gasteiger partial charge in [0.15, 0.2) is 6.10 Å². The van der Waals surface area contributed by atoms with Crippen molar-refractivity contribution in [3.63, 3.8) is 0 Å². The first kappa shape index (κ1) is 26.9. The summed E-state index contributed by atoms with van der Waals surface area (Å²) in [6.07, 6.45) is -2.23. The van der Waals surface area contributed by atoms with Gasteiger partial charge in [-0.25, -0.2) is 19.2 Å².